The molecule has 0 amide bonds. The normalized spacial score (nSPS) is 15.5. The van der Waals surface area contributed by atoms with Gasteiger partial charge in [-0.05, 0) is 13.8 Å². The molecule has 1 N–H and O–H groups in total. The van der Waals surface area contributed by atoms with E-state index in [1.54, 1.807) is 6.92 Å². The number of hydrogen-bond acceptors (Lipinski definition) is 3. The first-order chi connectivity index (χ1) is 4.57. The Morgan fingerprint density at radius 3 is 2.60 bits per heavy atom. The van der Waals surface area contributed by atoms with Crippen LogP contribution in [0.3, 0.4) is 0 Å². The highest BCUT2D eigenvalue weighted by Crippen LogP contribution is 1.97. The Balaban J connectivity index is 3.67. The van der Waals surface area contributed by atoms with Crippen LogP contribution in [0.5, 0.6) is 0 Å². The molecule has 0 saturated heterocycles. The highest BCUT2D eigenvalue weighted by atomic mass is 16.6. The van der Waals surface area contributed by atoms with Gasteiger partial charge in [0.15, 0.2) is 0 Å². The molecule has 0 rings (SSSR count). The molecule has 0 aliphatic rings. The lowest BCUT2D eigenvalue weighted by molar-refractivity contribution is -0.146. The van der Waals surface area contributed by atoms with Gasteiger partial charge in [-0.3, -0.25) is 0 Å². The van der Waals surface area contributed by atoms with Gasteiger partial charge in [-0.25, -0.2) is 4.79 Å². The molecule has 0 aromatic rings. The fourth-order valence-corrected chi connectivity index (χ4v) is 0.310. The Kier molecular flexibility index (Phi) is 3.72. The SMILES string of the molecule is [CH2]C(O)C(C)OC(=O)C=C. The Morgan fingerprint density at radius 2 is 2.30 bits per heavy atom. The van der Waals surface area contributed by atoms with Gasteiger partial charge in [0.1, 0.15) is 6.10 Å². The summed E-state index contributed by atoms with van der Waals surface area (Å²) in [5.41, 5.74) is 0. The monoisotopic (exact) mass is 143 g/mol. The van der Waals surface area contributed by atoms with Crippen LogP contribution >= 0.6 is 0 Å². The smallest absolute Gasteiger partial charge is 0.330 e. The van der Waals surface area contributed by atoms with Crippen molar-refractivity contribution in [2.75, 3.05) is 0 Å². The van der Waals surface area contributed by atoms with E-state index in [0.717, 1.165) is 6.08 Å². The minimum Gasteiger partial charge on any atom is -0.457 e. The van der Waals surface area contributed by atoms with E-state index < -0.39 is 18.2 Å². The van der Waals surface area contributed by atoms with Gasteiger partial charge >= 0.3 is 5.97 Å². The quantitative estimate of drug-likeness (QED) is 0.456. The molecule has 0 aromatic heterocycles. The minimum absolute atomic E-state index is 0.546. The number of ether oxygens (including phenoxy) is 1. The second-order valence-corrected chi connectivity index (χ2v) is 1.91. The van der Waals surface area contributed by atoms with E-state index in [9.17, 15) is 4.79 Å². The summed E-state index contributed by atoms with van der Waals surface area (Å²) in [6.07, 6.45) is -0.423. The summed E-state index contributed by atoms with van der Waals surface area (Å²) in [5, 5.41) is 8.74. The third-order valence-corrected chi connectivity index (χ3v) is 1.01. The topological polar surface area (TPSA) is 46.5 Å². The maximum Gasteiger partial charge on any atom is 0.330 e. The zero-order valence-electron chi connectivity index (χ0n) is 5.91. The number of aliphatic hydroxyl groups is 1. The van der Waals surface area contributed by atoms with E-state index in [0.29, 0.717) is 0 Å². The van der Waals surface area contributed by atoms with Gasteiger partial charge in [-0.2, -0.15) is 0 Å². The fraction of sp³-hybridized carbons (Fsp3) is 0.429. The summed E-state index contributed by atoms with van der Waals surface area (Å²) in [6, 6.07) is 0. The second kappa shape index (κ2) is 4.06. The fourth-order valence-electron chi connectivity index (χ4n) is 0.310. The Bertz CT molecular complexity index is 129. The molecular formula is C7H11O3. The van der Waals surface area contributed by atoms with Crippen molar-refractivity contribution < 1.29 is 14.6 Å². The van der Waals surface area contributed by atoms with Crippen molar-refractivity contribution in [1.29, 1.82) is 0 Å². The van der Waals surface area contributed by atoms with Crippen molar-refractivity contribution in [3.05, 3.63) is 19.6 Å². The highest BCUT2D eigenvalue weighted by Gasteiger charge is 2.11. The molecule has 10 heavy (non-hydrogen) atoms. The third kappa shape index (κ3) is 3.25. The predicted octanol–water partition coefficient (Wildman–Crippen LogP) is 0.299. The Morgan fingerprint density at radius 1 is 1.80 bits per heavy atom. The molecule has 0 aromatic carbocycles. The molecule has 0 bridgehead atoms. The van der Waals surface area contributed by atoms with Gasteiger partial charge in [0.25, 0.3) is 0 Å². The van der Waals surface area contributed by atoms with Crippen LogP contribution in [-0.4, -0.2) is 23.3 Å². The summed E-state index contributed by atoms with van der Waals surface area (Å²) in [4.78, 5) is 10.4. The van der Waals surface area contributed by atoms with Crippen LogP contribution in [0, 0.1) is 6.92 Å². The first kappa shape index (κ1) is 9.17. The minimum atomic E-state index is -0.885. The van der Waals surface area contributed by atoms with Gasteiger partial charge in [0.05, 0.1) is 6.10 Å². The van der Waals surface area contributed by atoms with Gasteiger partial charge in [-0.1, -0.05) is 6.58 Å². The molecular weight excluding hydrogens is 132 g/mol. The first-order valence-corrected chi connectivity index (χ1v) is 2.92. The molecule has 0 spiro atoms. The van der Waals surface area contributed by atoms with Crippen LogP contribution < -0.4 is 0 Å². The zero-order valence-corrected chi connectivity index (χ0v) is 5.91. The Labute approximate surface area is 60.3 Å². The van der Waals surface area contributed by atoms with Crippen molar-refractivity contribution in [1.82, 2.24) is 0 Å². The number of esters is 1. The van der Waals surface area contributed by atoms with E-state index in [4.69, 9.17) is 5.11 Å². The van der Waals surface area contributed by atoms with Gasteiger partial charge < -0.3 is 9.84 Å². The molecule has 3 nitrogen and oxygen atoms in total. The van der Waals surface area contributed by atoms with E-state index in [1.807, 2.05) is 0 Å². The molecule has 0 saturated carbocycles. The van der Waals surface area contributed by atoms with Crippen molar-refractivity contribution in [3.63, 3.8) is 0 Å². The van der Waals surface area contributed by atoms with Crippen LogP contribution in [0.2, 0.25) is 0 Å². The van der Waals surface area contributed by atoms with E-state index >= 15 is 0 Å². The van der Waals surface area contributed by atoms with Crippen LogP contribution in [0.1, 0.15) is 6.92 Å². The summed E-state index contributed by atoms with van der Waals surface area (Å²) < 4.78 is 4.59. The molecule has 2 unspecified atom stereocenters. The lowest BCUT2D eigenvalue weighted by Gasteiger charge is -2.13. The van der Waals surface area contributed by atoms with Gasteiger partial charge in [-0.15, -0.1) is 0 Å². The Hall–Kier alpha value is -0.830. The second-order valence-electron chi connectivity index (χ2n) is 1.91. The summed E-state index contributed by atoms with van der Waals surface area (Å²) in [6.45, 7) is 8.02. The molecule has 0 fully saturated rings. The predicted molar refractivity (Wildman–Crippen MR) is 37.1 cm³/mol. The van der Waals surface area contributed by atoms with Crippen LogP contribution in [0.25, 0.3) is 0 Å². The standard InChI is InChI=1S/C7H11O3/c1-4-7(9)10-6(3)5(2)8/h4-6,8H,1-2H2,3H3. The average Bonchev–Trinajstić information content (AvgIpc) is 1.87. The summed E-state index contributed by atoms with van der Waals surface area (Å²) in [7, 11) is 0. The maximum absolute atomic E-state index is 10.4. The molecule has 0 aliphatic carbocycles. The molecule has 0 heterocycles. The van der Waals surface area contributed by atoms with Crippen molar-refractivity contribution in [2.24, 2.45) is 0 Å². The van der Waals surface area contributed by atoms with E-state index in [2.05, 4.69) is 18.2 Å². The van der Waals surface area contributed by atoms with Crippen molar-refractivity contribution >= 4 is 5.97 Å². The van der Waals surface area contributed by atoms with Crippen LogP contribution in [0.15, 0.2) is 12.7 Å². The van der Waals surface area contributed by atoms with E-state index in [1.165, 1.54) is 0 Å². The van der Waals surface area contributed by atoms with Crippen molar-refractivity contribution in [3.8, 4) is 0 Å². The van der Waals surface area contributed by atoms with E-state index in [-0.39, 0.29) is 0 Å². The van der Waals surface area contributed by atoms with Gasteiger partial charge in [0.2, 0.25) is 0 Å². The molecule has 1 radical (unpaired) electrons. The molecule has 2 atom stereocenters. The highest BCUT2D eigenvalue weighted by molar-refractivity contribution is 5.81. The molecule has 57 valence electrons. The van der Waals surface area contributed by atoms with Gasteiger partial charge in [0, 0.05) is 6.08 Å². The number of carbonyl (C=O) groups is 1. The van der Waals surface area contributed by atoms with Crippen LogP contribution in [-0.2, 0) is 9.53 Å². The summed E-state index contributed by atoms with van der Waals surface area (Å²) >= 11 is 0. The lowest BCUT2D eigenvalue weighted by Crippen LogP contribution is -2.25. The molecule has 3 heteroatoms. The number of rotatable bonds is 3. The summed E-state index contributed by atoms with van der Waals surface area (Å²) in [5.74, 6) is -0.546. The zero-order chi connectivity index (χ0) is 8.15. The van der Waals surface area contributed by atoms with Crippen molar-refractivity contribution in [2.45, 2.75) is 19.1 Å². The average molecular weight is 143 g/mol. The molecule has 0 aliphatic heterocycles. The largest absolute Gasteiger partial charge is 0.457 e. The lowest BCUT2D eigenvalue weighted by atomic mass is 10.3. The number of hydrogen-bond donors (Lipinski definition) is 1. The maximum atomic E-state index is 10.4. The number of carbonyl (C=O) groups excluding carboxylic acids is 1. The number of aliphatic hydroxyl groups excluding tert-OH is 1. The third-order valence-electron chi connectivity index (χ3n) is 1.01. The first-order valence-electron chi connectivity index (χ1n) is 2.92. The van der Waals surface area contributed by atoms with Crippen LogP contribution in [0.4, 0.5) is 0 Å².